The monoisotopic (exact) mass is 668 g/mol. The van der Waals surface area contributed by atoms with Gasteiger partial charge >= 0.3 is 0 Å². The fourth-order valence-electron chi connectivity index (χ4n) is 7.69. The second kappa shape index (κ2) is 12.2. The van der Waals surface area contributed by atoms with Crippen LogP contribution in [0.3, 0.4) is 0 Å². The maximum atomic E-state index is 5.51. The molecule has 51 heavy (non-hydrogen) atoms. The summed E-state index contributed by atoms with van der Waals surface area (Å²) in [5.74, 6) is 0. The van der Waals surface area contributed by atoms with Gasteiger partial charge in [0.25, 0.3) is 0 Å². The Labute approximate surface area is 300 Å². The van der Waals surface area contributed by atoms with Gasteiger partial charge in [0.05, 0.1) is 5.71 Å². The van der Waals surface area contributed by atoms with Crippen LogP contribution in [-0.4, -0.2) is 5.71 Å². The summed E-state index contributed by atoms with van der Waals surface area (Å²) in [6.07, 6.45) is 1.96. The van der Waals surface area contributed by atoms with Crippen LogP contribution in [0, 0.1) is 0 Å². The lowest BCUT2D eigenvalue weighted by Gasteiger charge is -2.26. The molecule has 9 aromatic rings. The number of allylic oxidation sites excluding steroid dienone is 1. The topological polar surface area (TPSA) is 24.4 Å². The van der Waals surface area contributed by atoms with Gasteiger partial charge in [-0.1, -0.05) is 146 Å². The Kier molecular flexibility index (Phi) is 7.11. The number of nitrogens with one attached hydrogen (secondary N) is 1. The molecule has 0 aliphatic carbocycles. The summed E-state index contributed by atoms with van der Waals surface area (Å²) in [6.45, 7) is 0. The van der Waals surface area contributed by atoms with Gasteiger partial charge in [-0.05, 0) is 85.8 Å². The number of thiophene rings is 1. The molecule has 8 aromatic carbocycles. The van der Waals surface area contributed by atoms with Gasteiger partial charge in [0, 0.05) is 37.0 Å². The van der Waals surface area contributed by atoms with E-state index in [1.165, 1.54) is 64.0 Å². The highest BCUT2D eigenvalue weighted by Gasteiger charge is 2.23. The zero-order chi connectivity index (χ0) is 33.7. The van der Waals surface area contributed by atoms with E-state index < -0.39 is 0 Å². The number of aliphatic imine (C=N–C) groups is 1. The van der Waals surface area contributed by atoms with Crippen molar-refractivity contribution in [3.05, 3.63) is 199 Å². The summed E-state index contributed by atoms with van der Waals surface area (Å²) in [6, 6.07) is 63.6. The largest absolute Gasteiger partial charge is 0.359 e. The van der Waals surface area contributed by atoms with E-state index in [1.54, 1.807) is 0 Å². The molecule has 1 aliphatic heterocycles. The quantitative estimate of drug-likeness (QED) is 0.194. The van der Waals surface area contributed by atoms with Gasteiger partial charge in [-0.25, -0.2) is 0 Å². The van der Waals surface area contributed by atoms with Crippen LogP contribution < -0.4 is 5.32 Å². The molecule has 0 amide bonds. The lowest BCUT2D eigenvalue weighted by Crippen LogP contribution is -2.25. The molecular weight excluding hydrogens is 637 g/mol. The van der Waals surface area contributed by atoms with Crippen LogP contribution in [0.1, 0.15) is 22.9 Å². The molecule has 1 aromatic heterocycles. The van der Waals surface area contributed by atoms with Crippen LogP contribution in [0.5, 0.6) is 0 Å². The molecule has 0 fully saturated rings. The van der Waals surface area contributed by atoms with Crippen molar-refractivity contribution in [1.82, 2.24) is 5.32 Å². The number of fused-ring (bicyclic) bond motifs is 5. The van der Waals surface area contributed by atoms with Crippen molar-refractivity contribution in [3.8, 4) is 22.3 Å². The Hall–Kier alpha value is -6.29. The average molecular weight is 669 g/mol. The van der Waals surface area contributed by atoms with Crippen molar-refractivity contribution in [3.63, 3.8) is 0 Å². The summed E-state index contributed by atoms with van der Waals surface area (Å²) in [4.78, 5) is 5.51. The smallest absolute Gasteiger partial charge is 0.146 e. The van der Waals surface area contributed by atoms with Gasteiger partial charge in [-0.3, -0.25) is 4.99 Å². The summed E-state index contributed by atoms with van der Waals surface area (Å²) >= 11 is 1.86. The minimum absolute atomic E-state index is 0.264. The predicted octanol–water partition coefficient (Wildman–Crippen LogP) is 12.8. The van der Waals surface area contributed by atoms with Crippen molar-refractivity contribution < 1.29 is 0 Å². The highest BCUT2D eigenvalue weighted by molar-refractivity contribution is 7.25. The van der Waals surface area contributed by atoms with Crippen molar-refractivity contribution in [1.29, 1.82) is 0 Å². The minimum Gasteiger partial charge on any atom is -0.359 e. The zero-order valence-corrected chi connectivity index (χ0v) is 28.6. The number of hydrogen-bond donors (Lipinski definition) is 1. The number of nitrogens with zero attached hydrogens (tertiary/aromatic N) is 1. The van der Waals surface area contributed by atoms with E-state index in [2.05, 4.69) is 187 Å². The number of benzene rings is 8. The summed E-state index contributed by atoms with van der Waals surface area (Å²) in [5, 5.41) is 11.3. The molecule has 10 rings (SSSR count). The SMILES string of the molecule is C1=C(c2ccccc2)NC(c2cccc3ccccc23)N=C1c1cc(-c2cccc3ccccc23)cc(-c2cccc3sc4ccccc4c23)c1. The summed E-state index contributed by atoms with van der Waals surface area (Å²) < 4.78 is 2.61. The van der Waals surface area contributed by atoms with E-state index in [-0.39, 0.29) is 6.17 Å². The summed E-state index contributed by atoms with van der Waals surface area (Å²) in [7, 11) is 0. The molecule has 0 saturated heterocycles. The van der Waals surface area contributed by atoms with Gasteiger partial charge in [0.15, 0.2) is 0 Å². The maximum Gasteiger partial charge on any atom is 0.146 e. The number of rotatable bonds is 5. The maximum absolute atomic E-state index is 5.51. The van der Waals surface area contributed by atoms with Gasteiger partial charge in [-0.2, -0.15) is 0 Å². The Bertz CT molecular complexity index is 2830. The van der Waals surface area contributed by atoms with Crippen molar-refractivity contribution in [2.45, 2.75) is 6.17 Å². The summed E-state index contributed by atoms with van der Waals surface area (Å²) in [5.41, 5.74) is 10.2. The molecule has 0 spiro atoms. The zero-order valence-electron chi connectivity index (χ0n) is 27.8. The lowest BCUT2D eigenvalue weighted by atomic mass is 9.90. The standard InChI is InChI=1S/C48H32N2S/c1-2-15-33(16-3-1)43-30-44(50-48(49-43)41-24-11-18-32-14-5-7-20-38(32)41)36-28-34(39-22-10-17-31-13-4-6-19-37(31)39)27-35(29-36)40-23-12-26-46-47(40)42-21-8-9-25-45(42)51-46/h1-30,48-49H. The minimum atomic E-state index is -0.264. The highest BCUT2D eigenvalue weighted by atomic mass is 32.1. The van der Waals surface area contributed by atoms with Gasteiger partial charge in [0.1, 0.15) is 6.17 Å². The van der Waals surface area contributed by atoms with Crippen LogP contribution >= 0.6 is 11.3 Å². The van der Waals surface area contributed by atoms with Crippen LogP contribution in [0.15, 0.2) is 187 Å². The Morgan fingerprint density at radius 2 is 1.04 bits per heavy atom. The second-order valence-electron chi connectivity index (χ2n) is 13.2. The molecule has 1 N–H and O–H groups in total. The molecule has 1 aliphatic rings. The van der Waals surface area contributed by atoms with Crippen LogP contribution in [0.25, 0.3) is 69.7 Å². The highest BCUT2D eigenvalue weighted by Crippen LogP contribution is 2.42. The fraction of sp³-hybridized carbons (Fsp3) is 0.0208. The third-order valence-corrected chi connectivity index (χ3v) is 11.2. The third-order valence-electron chi connectivity index (χ3n) is 10.1. The van der Waals surface area contributed by atoms with E-state index in [1.807, 2.05) is 11.3 Å². The molecule has 2 nitrogen and oxygen atoms in total. The Morgan fingerprint density at radius 3 is 1.88 bits per heavy atom. The first kappa shape index (κ1) is 29.6. The van der Waals surface area contributed by atoms with E-state index in [4.69, 9.17) is 4.99 Å². The fourth-order valence-corrected chi connectivity index (χ4v) is 8.82. The molecule has 240 valence electrons. The van der Waals surface area contributed by atoms with Crippen molar-refractivity contribution >= 4 is 64.5 Å². The molecule has 3 heteroatoms. The lowest BCUT2D eigenvalue weighted by molar-refractivity contribution is 0.669. The van der Waals surface area contributed by atoms with Crippen LogP contribution in [0.2, 0.25) is 0 Å². The van der Waals surface area contributed by atoms with Gasteiger partial charge in [-0.15, -0.1) is 11.3 Å². The first-order chi connectivity index (χ1) is 25.3. The second-order valence-corrected chi connectivity index (χ2v) is 14.2. The van der Waals surface area contributed by atoms with Crippen LogP contribution in [0.4, 0.5) is 0 Å². The molecule has 1 atom stereocenters. The van der Waals surface area contributed by atoms with Gasteiger partial charge < -0.3 is 5.32 Å². The molecule has 0 bridgehead atoms. The Balaban J connectivity index is 1.24. The average Bonchev–Trinajstić information content (AvgIpc) is 3.59. The predicted molar refractivity (Wildman–Crippen MR) is 218 cm³/mol. The van der Waals surface area contributed by atoms with Crippen LogP contribution in [-0.2, 0) is 0 Å². The molecule has 1 unspecified atom stereocenters. The van der Waals surface area contributed by atoms with E-state index in [9.17, 15) is 0 Å². The molecule has 2 heterocycles. The first-order valence-corrected chi connectivity index (χ1v) is 18.2. The van der Waals surface area contributed by atoms with E-state index in [0.29, 0.717) is 0 Å². The van der Waals surface area contributed by atoms with Gasteiger partial charge in [0.2, 0.25) is 0 Å². The molecule has 0 saturated carbocycles. The van der Waals surface area contributed by atoms with Crippen molar-refractivity contribution in [2.24, 2.45) is 4.99 Å². The first-order valence-electron chi connectivity index (χ1n) is 17.4. The Morgan fingerprint density at radius 1 is 0.451 bits per heavy atom. The third kappa shape index (κ3) is 5.22. The molecular formula is C48H32N2S. The normalized spacial score (nSPS) is 14.5. The molecule has 0 radical (unpaired) electrons. The number of hydrogen-bond acceptors (Lipinski definition) is 3. The van der Waals surface area contributed by atoms with E-state index >= 15 is 0 Å². The van der Waals surface area contributed by atoms with Crippen molar-refractivity contribution in [2.75, 3.05) is 0 Å². The van der Waals surface area contributed by atoms with E-state index in [0.717, 1.165) is 28.1 Å².